The van der Waals surface area contributed by atoms with Gasteiger partial charge in [-0.25, -0.2) is 8.42 Å². The smallest absolute Gasteiger partial charge is 0.406 e. The molecule has 4 aliphatic rings. The average molecular weight is 472 g/mol. The molecule has 178 valence electrons. The highest BCUT2D eigenvalue weighted by Crippen LogP contribution is 2.65. The molecule has 6 nitrogen and oxygen atoms in total. The zero-order valence-corrected chi connectivity index (χ0v) is 18.4. The van der Waals surface area contributed by atoms with E-state index in [0.29, 0.717) is 32.1 Å². The standard InChI is InChI=1S/C20H28F4O6S/c1-29-15(25)17-8-13-7-14(9-17)11-18(10-13,12-17)16(26)30-6-4-3-5-19(21,22)20(23,24)31(2,27)28/h13-14H,3-12H2,1-2H3. The van der Waals surface area contributed by atoms with Gasteiger partial charge >= 0.3 is 23.1 Å². The van der Waals surface area contributed by atoms with Gasteiger partial charge in [0.15, 0.2) is 0 Å². The summed E-state index contributed by atoms with van der Waals surface area (Å²) in [5.74, 6) is -5.05. The topological polar surface area (TPSA) is 86.7 Å². The monoisotopic (exact) mass is 472 g/mol. The van der Waals surface area contributed by atoms with E-state index >= 15 is 0 Å². The van der Waals surface area contributed by atoms with Crippen LogP contribution in [0.2, 0.25) is 0 Å². The quantitative estimate of drug-likeness (QED) is 0.289. The van der Waals surface area contributed by atoms with E-state index in [0.717, 1.165) is 6.42 Å². The highest BCUT2D eigenvalue weighted by atomic mass is 32.2. The summed E-state index contributed by atoms with van der Waals surface area (Å²) in [6.45, 7) is -0.234. The maximum Gasteiger partial charge on any atom is 0.406 e. The molecule has 2 atom stereocenters. The number of ether oxygens (including phenoxy) is 2. The maximum atomic E-state index is 13.7. The lowest BCUT2D eigenvalue weighted by molar-refractivity contribution is -0.192. The fourth-order valence-electron chi connectivity index (χ4n) is 6.14. The molecule has 0 N–H and O–H groups in total. The number of hydrogen-bond acceptors (Lipinski definition) is 6. The number of esters is 2. The summed E-state index contributed by atoms with van der Waals surface area (Å²) in [5.41, 5.74) is -1.48. The van der Waals surface area contributed by atoms with Crippen molar-refractivity contribution < 1.29 is 45.0 Å². The van der Waals surface area contributed by atoms with Crippen LogP contribution in [0, 0.1) is 22.7 Å². The zero-order chi connectivity index (χ0) is 23.3. The van der Waals surface area contributed by atoms with Crippen LogP contribution < -0.4 is 0 Å². The Morgan fingerprint density at radius 2 is 1.48 bits per heavy atom. The Hall–Kier alpha value is -1.39. The molecule has 11 heteroatoms. The predicted octanol–water partition coefficient (Wildman–Crippen LogP) is 3.73. The van der Waals surface area contributed by atoms with Crippen LogP contribution in [0.4, 0.5) is 17.6 Å². The first-order valence-electron chi connectivity index (χ1n) is 10.4. The Balaban J connectivity index is 1.54. The molecule has 0 spiro atoms. The van der Waals surface area contributed by atoms with Gasteiger partial charge in [-0.2, -0.15) is 17.6 Å². The minimum atomic E-state index is -5.26. The molecule has 4 bridgehead atoms. The number of unbranched alkanes of at least 4 members (excludes halogenated alkanes) is 1. The van der Waals surface area contributed by atoms with Gasteiger partial charge in [0.2, 0.25) is 9.84 Å². The fourth-order valence-corrected chi connectivity index (χ4v) is 6.79. The molecule has 0 aromatic heterocycles. The highest BCUT2D eigenvalue weighted by Gasteiger charge is 2.65. The molecule has 4 fully saturated rings. The highest BCUT2D eigenvalue weighted by molar-refractivity contribution is 7.91. The lowest BCUT2D eigenvalue weighted by Crippen LogP contribution is -2.58. The van der Waals surface area contributed by atoms with E-state index in [2.05, 4.69) is 0 Å². The summed E-state index contributed by atoms with van der Waals surface area (Å²) in [6, 6.07) is 0. The third kappa shape index (κ3) is 4.18. The van der Waals surface area contributed by atoms with Crippen molar-refractivity contribution in [1.82, 2.24) is 0 Å². The second kappa shape index (κ2) is 7.88. The second-order valence-corrected chi connectivity index (χ2v) is 11.7. The molecule has 4 saturated carbocycles. The molecule has 4 aliphatic carbocycles. The molecule has 4 rings (SSSR count). The molecule has 0 aromatic carbocycles. The summed E-state index contributed by atoms with van der Waals surface area (Å²) < 4.78 is 86.4. The first kappa shape index (κ1) is 24.3. The molecule has 0 radical (unpaired) electrons. The Kier molecular flexibility index (Phi) is 6.17. The number of methoxy groups -OCH3 is 1. The van der Waals surface area contributed by atoms with Gasteiger partial charge in [-0.1, -0.05) is 0 Å². The molecule has 0 amide bonds. The van der Waals surface area contributed by atoms with E-state index in [1.54, 1.807) is 0 Å². The van der Waals surface area contributed by atoms with E-state index in [4.69, 9.17) is 9.47 Å². The lowest BCUT2D eigenvalue weighted by Gasteiger charge is -2.59. The molecule has 0 heterocycles. The number of rotatable bonds is 9. The molecule has 31 heavy (non-hydrogen) atoms. The third-order valence-corrected chi connectivity index (χ3v) is 8.35. The minimum Gasteiger partial charge on any atom is -0.469 e. The van der Waals surface area contributed by atoms with Crippen LogP contribution >= 0.6 is 0 Å². The first-order chi connectivity index (χ1) is 14.2. The largest absolute Gasteiger partial charge is 0.469 e. The molecule has 2 unspecified atom stereocenters. The van der Waals surface area contributed by atoms with Crippen molar-refractivity contribution in [2.75, 3.05) is 20.0 Å². The van der Waals surface area contributed by atoms with Gasteiger partial charge in [0.1, 0.15) is 0 Å². The van der Waals surface area contributed by atoms with Crippen LogP contribution in [0.15, 0.2) is 0 Å². The zero-order valence-electron chi connectivity index (χ0n) is 17.6. The normalized spacial score (nSPS) is 32.7. The Labute approximate surface area is 178 Å². The first-order valence-corrected chi connectivity index (χ1v) is 12.3. The van der Waals surface area contributed by atoms with Crippen molar-refractivity contribution >= 4 is 21.8 Å². The molecule has 0 saturated heterocycles. The van der Waals surface area contributed by atoms with E-state index in [-0.39, 0.29) is 37.1 Å². The van der Waals surface area contributed by atoms with Gasteiger partial charge in [0, 0.05) is 12.7 Å². The summed E-state index contributed by atoms with van der Waals surface area (Å²) in [7, 11) is -3.94. The van der Waals surface area contributed by atoms with Gasteiger partial charge in [-0.3, -0.25) is 9.59 Å². The summed E-state index contributed by atoms with van der Waals surface area (Å²) in [4.78, 5) is 25.3. The van der Waals surface area contributed by atoms with Gasteiger partial charge < -0.3 is 9.47 Å². The van der Waals surface area contributed by atoms with Gasteiger partial charge in [-0.05, 0) is 63.2 Å². The van der Waals surface area contributed by atoms with E-state index in [9.17, 15) is 35.6 Å². The number of carbonyl (C=O) groups is 2. The maximum absolute atomic E-state index is 13.7. The Bertz CT molecular complexity index is 827. The lowest BCUT2D eigenvalue weighted by atomic mass is 9.44. The molecular weight excluding hydrogens is 444 g/mol. The van der Waals surface area contributed by atoms with Crippen LogP contribution in [0.5, 0.6) is 0 Å². The van der Waals surface area contributed by atoms with Crippen LogP contribution in [0.25, 0.3) is 0 Å². The summed E-state index contributed by atoms with van der Waals surface area (Å²) in [5, 5.41) is -5.15. The third-order valence-electron chi connectivity index (χ3n) is 7.12. The van der Waals surface area contributed by atoms with Crippen LogP contribution in [-0.4, -0.2) is 51.5 Å². The van der Waals surface area contributed by atoms with E-state index in [1.807, 2.05) is 0 Å². The SMILES string of the molecule is COC(=O)C12CC3CC(C1)CC(C(=O)OCCCCC(F)(F)C(F)(F)S(C)(=O)=O)(C3)C2. The molecule has 0 aromatic rings. The van der Waals surface area contributed by atoms with Crippen LogP contribution in [0.1, 0.15) is 57.8 Å². The Morgan fingerprint density at radius 3 is 1.97 bits per heavy atom. The Morgan fingerprint density at radius 1 is 0.968 bits per heavy atom. The fraction of sp³-hybridized carbons (Fsp3) is 0.900. The number of halogens is 4. The second-order valence-electron chi connectivity index (χ2n) is 9.60. The van der Waals surface area contributed by atoms with Crippen molar-refractivity contribution in [3.63, 3.8) is 0 Å². The van der Waals surface area contributed by atoms with Crippen molar-refractivity contribution in [2.24, 2.45) is 22.7 Å². The van der Waals surface area contributed by atoms with Gasteiger partial charge in [0.25, 0.3) is 0 Å². The van der Waals surface area contributed by atoms with Crippen molar-refractivity contribution in [3.05, 3.63) is 0 Å². The van der Waals surface area contributed by atoms with Gasteiger partial charge in [0.05, 0.1) is 24.5 Å². The van der Waals surface area contributed by atoms with Crippen LogP contribution in [0.3, 0.4) is 0 Å². The van der Waals surface area contributed by atoms with Crippen molar-refractivity contribution in [1.29, 1.82) is 0 Å². The average Bonchev–Trinajstić information content (AvgIpc) is 2.64. The van der Waals surface area contributed by atoms with Crippen molar-refractivity contribution in [3.8, 4) is 0 Å². The predicted molar refractivity (Wildman–Crippen MR) is 101 cm³/mol. The van der Waals surface area contributed by atoms with Crippen LogP contribution in [-0.2, 0) is 28.9 Å². The summed E-state index contributed by atoms with van der Waals surface area (Å²) in [6.07, 6.45) is 2.08. The molecule has 0 aliphatic heterocycles. The number of alkyl halides is 4. The summed E-state index contributed by atoms with van der Waals surface area (Å²) >= 11 is 0. The van der Waals surface area contributed by atoms with E-state index < -0.39 is 50.7 Å². The number of hydrogen-bond donors (Lipinski definition) is 0. The minimum absolute atomic E-state index is 0.0647. The number of sulfone groups is 1. The van der Waals surface area contributed by atoms with Gasteiger partial charge in [-0.15, -0.1) is 0 Å². The molecular formula is C20H28F4O6S. The number of carbonyl (C=O) groups excluding carboxylic acids is 2. The van der Waals surface area contributed by atoms with Crippen molar-refractivity contribution in [2.45, 2.75) is 69.0 Å². The van der Waals surface area contributed by atoms with E-state index in [1.165, 1.54) is 7.11 Å².